The molecule has 2 N–H and O–H groups in total. The number of carbonyl (C=O) groups excluding carboxylic acids is 1. The monoisotopic (exact) mass is 329 g/mol. The van der Waals surface area contributed by atoms with Gasteiger partial charge in [-0.1, -0.05) is 12.1 Å². The second kappa shape index (κ2) is 5.51. The van der Waals surface area contributed by atoms with Gasteiger partial charge in [0.2, 0.25) is 0 Å². The van der Waals surface area contributed by atoms with Crippen LogP contribution in [0, 0.1) is 0 Å². The fraction of sp³-hybridized carbons (Fsp3) is 0.125. The average molecular weight is 329 g/mol. The fourth-order valence-electron chi connectivity index (χ4n) is 2.28. The average Bonchev–Trinajstić information content (AvgIpc) is 2.96. The number of hydrogen-bond acceptors (Lipinski definition) is 4. The minimum atomic E-state index is -3.26. The van der Waals surface area contributed by atoms with Crippen molar-refractivity contribution in [3.63, 3.8) is 0 Å². The molecule has 23 heavy (non-hydrogen) atoms. The smallest absolute Gasteiger partial charge is 0.251 e. The molecule has 0 atom stereocenters. The Morgan fingerprint density at radius 1 is 1.13 bits per heavy atom. The molecule has 0 unspecified atom stereocenters. The zero-order valence-corrected chi connectivity index (χ0v) is 13.4. The number of nitrogens with zero attached hydrogens (tertiary/aromatic N) is 1. The first-order valence-corrected chi connectivity index (χ1v) is 8.80. The number of hydrogen-bond donors (Lipinski definition) is 2. The number of H-pyrrole nitrogens is 1. The zero-order chi connectivity index (χ0) is 16.6. The van der Waals surface area contributed by atoms with Crippen molar-refractivity contribution in [2.75, 3.05) is 13.3 Å². The number of nitrogens with one attached hydrogen (secondary N) is 2. The molecule has 0 saturated carbocycles. The van der Waals surface area contributed by atoms with Gasteiger partial charge < -0.3 is 10.3 Å². The first-order chi connectivity index (χ1) is 10.9. The molecule has 2 aromatic carbocycles. The van der Waals surface area contributed by atoms with E-state index >= 15 is 0 Å². The van der Waals surface area contributed by atoms with E-state index in [2.05, 4.69) is 15.3 Å². The Morgan fingerprint density at radius 3 is 2.43 bits per heavy atom. The van der Waals surface area contributed by atoms with Gasteiger partial charge in [0.05, 0.1) is 15.9 Å². The number of aromatic nitrogens is 2. The van der Waals surface area contributed by atoms with Crippen LogP contribution < -0.4 is 5.32 Å². The maximum atomic E-state index is 11.6. The van der Waals surface area contributed by atoms with Crippen LogP contribution in [0.4, 0.5) is 0 Å². The van der Waals surface area contributed by atoms with Gasteiger partial charge in [-0.2, -0.15) is 0 Å². The molecular formula is C16H15N3O3S. The van der Waals surface area contributed by atoms with Crippen molar-refractivity contribution >= 4 is 26.8 Å². The van der Waals surface area contributed by atoms with Crippen LogP contribution in [0.5, 0.6) is 0 Å². The van der Waals surface area contributed by atoms with E-state index in [9.17, 15) is 13.2 Å². The van der Waals surface area contributed by atoms with Gasteiger partial charge in [0.15, 0.2) is 9.84 Å². The molecule has 7 heteroatoms. The summed E-state index contributed by atoms with van der Waals surface area (Å²) in [6.07, 6.45) is 1.17. The quantitative estimate of drug-likeness (QED) is 0.769. The summed E-state index contributed by atoms with van der Waals surface area (Å²) < 4.78 is 23.2. The number of sulfone groups is 1. The van der Waals surface area contributed by atoms with Gasteiger partial charge >= 0.3 is 0 Å². The molecule has 0 aliphatic heterocycles. The SMILES string of the molecule is CNC(=O)c1ccc(-c2nc3ccc(S(C)(=O)=O)cc3[nH]2)cc1. The molecule has 3 rings (SSSR count). The van der Waals surface area contributed by atoms with Gasteiger partial charge in [-0.3, -0.25) is 4.79 Å². The summed E-state index contributed by atoms with van der Waals surface area (Å²) >= 11 is 0. The molecule has 3 aromatic rings. The lowest BCUT2D eigenvalue weighted by Crippen LogP contribution is -2.17. The van der Waals surface area contributed by atoms with Crippen molar-refractivity contribution in [1.82, 2.24) is 15.3 Å². The van der Waals surface area contributed by atoms with Crippen LogP contribution in [0.3, 0.4) is 0 Å². The second-order valence-electron chi connectivity index (χ2n) is 5.19. The summed E-state index contributed by atoms with van der Waals surface area (Å²) in [5.74, 6) is 0.466. The van der Waals surface area contributed by atoms with Crippen LogP contribution in [0.2, 0.25) is 0 Å². The van der Waals surface area contributed by atoms with Crippen LogP contribution in [-0.4, -0.2) is 37.6 Å². The number of rotatable bonds is 3. The number of carbonyl (C=O) groups is 1. The highest BCUT2D eigenvalue weighted by Gasteiger charge is 2.11. The Balaban J connectivity index is 2.02. The molecule has 0 saturated heterocycles. The third-order valence-corrected chi connectivity index (χ3v) is 4.64. The number of benzene rings is 2. The number of fused-ring (bicyclic) bond motifs is 1. The second-order valence-corrected chi connectivity index (χ2v) is 7.21. The standard InChI is InChI=1S/C16H15N3O3S/c1-17-16(20)11-5-3-10(4-6-11)15-18-13-8-7-12(23(2,21)22)9-14(13)19-15/h3-9H,1-2H3,(H,17,20)(H,18,19). The number of aromatic amines is 1. The highest BCUT2D eigenvalue weighted by Crippen LogP contribution is 2.23. The number of imidazole rings is 1. The van der Waals surface area contributed by atoms with Gasteiger partial charge in [-0.05, 0) is 30.3 Å². The highest BCUT2D eigenvalue weighted by atomic mass is 32.2. The Kier molecular flexibility index (Phi) is 3.65. The molecule has 1 amide bonds. The van der Waals surface area contributed by atoms with Gasteiger partial charge in [0, 0.05) is 24.4 Å². The van der Waals surface area contributed by atoms with Crippen molar-refractivity contribution in [3.05, 3.63) is 48.0 Å². The van der Waals surface area contributed by atoms with Crippen LogP contribution >= 0.6 is 0 Å². The lowest BCUT2D eigenvalue weighted by atomic mass is 10.1. The van der Waals surface area contributed by atoms with Crippen LogP contribution in [-0.2, 0) is 9.84 Å². The summed E-state index contributed by atoms with van der Waals surface area (Å²) in [5.41, 5.74) is 2.71. The Labute approximate surface area is 133 Å². The molecule has 1 heterocycles. The third-order valence-electron chi connectivity index (χ3n) is 3.53. The predicted molar refractivity (Wildman–Crippen MR) is 88.0 cm³/mol. The van der Waals surface area contributed by atoms with Crippen molar-refractivity contribution < 1.29 is 13.2 Å². The van der Waals surface area contributed by atoms with E-state index in [4.69, 9.17) is 0 Å². The van der Waals surface area contributed by atoms with Crippen LogP contribution in [0.1, 0.15) is 10.4 Å². The number of amides is 1. The van der Waals surface area contributed by atoms with E-state index in [1.807, 2.05) is 0 Å². The molecule has 0 aliphatic carbocycles. The molecule has 0 fully saturated rings. The van der Waals surface area contributed by atoms with E-state index in [0.29, 0.717) is 22.4 Å². The van der Waals surface area contributed by atoms with E-state index in [-0.39, 0.29) is 10.8 Å². The summed E-state index contributed by atoms with van der Waals surface area (Å²) in [6.45, 7) is 0. The molecule has 0 aliphatic rings. The maximum Gasteiger partial charge on any atom is 0.251 e. The molecule has 6 nitrogen and oxygen atoms in total. The summed E-state index contributed by atoms with van der Waals surface area (Å²) in [7, 11) is -1.68. The van der Waals surface area contributed by atoms with Crippen molar-refractivity contribution in [1.29, 1.82) is 0 Å². The minimum Gasteiger partial charge on any atom is -0.355 e. The van der Waals surface area contributed by atoms with Crippen molar-refractivity contribution in [2.45, 2.75) is 4.90 Å². The Hall–Kier alpha value is -2.67. The van der Waals surface area contributed by atoms with Crippen LogP contribution in [0.25, 0.3) is 22.4 Å². The highest BCUT2D eigenvalue weighted by molar-refractivity contribution is 7.90. The molecule has 1 aromatic heterocycles. The zero-order valence-electron chi connectivity index (χ0n) is 12.6. The molecule has 0 spiro atoms. The molecule has 0 radical (unpaired) electrons. The minimum absolute atomic E-state index is 0.154. The lowest BCUT2D eigenvalue weighted by molar-refractivity contribution is 0.0963. The molecular weight excluding hydrogens is 314 g/mol. The molecule has 118 valence electrons. The lowest BCUT2D eigenvalue weighted by Gasteiger charge is -2.00. The summed E-state index contributed by atoms with van der Waals surface area (Å²) in [4.78, 5) is 19.3. The van der Waals surface area contributed by atoms with E-state index < -0.39 is 9.84 Å². The first-order valence-electron chi connectivity index (χ1n) is 6.91. The van der Waals surface area contributed by atoms with Gasteiger partial charge in [0.25, 0.3) is 5.91 Å². The van der Waals surface area contributed by atoms with Crippen LogP contribution in [0.15, 0.2) is 47.4 Å². The predicted octanol–water partition coefficient (Wildman–Crippen LogP) is 1.99. The van der Waals surface area contributed by atoms with E-state index in [0.717, 1.165) is 5.56 Å². The largest absolute Gasteiger partial charge is 0.355 e. The fourth-order valence-corrected chi connectivity index (χ4v) is 2.93. The van der Waals surface area contributed by atoms with Crippen molar-refractivity contribution in [2.24, 2.45) is 0 Å². The maximum absolute atomic E-state index is 11.6. The Morgan fingerprint density at radius 2 is 1.83 bits per heavy atom. The molecule has 0 bridgehead atoms. The van der Waals surface area contributed by atoms with Gasteiger partial charge in [-0.25, -0.2) is 13.4 Å². The summed E-state index contributed by atoms with van der Waals surface area (Å²) in [5, 5.41) is 2.56. The first kappa shape index (κ1) is 15.2. The topological polar surface area (TPSA) is 91.9 Å². The third kappa shape index (κ3) is 2.95. The van der Waals surface area contributed by atoms with E-state index in [1.165, 1.54) is 12.3 Å². The Bertz CT molecular complexity index is 989. The summed E-state index contributed by atoms with van der Waals surface area (Å²) in [6, 6.07) is 11.8. The van der Waals surface area contributed by atoms with Gasteiger partial charge in [-0.15, -0.1) is 0 Å². The normalized spacial score (nSPS) is 11.6. The van der Waals surface area contributed by atoms with Crippen molar-refractivity contribution in [3.8, 4) is 11.4 Å². The van der Waals surface area contributed by atoms with Gasteiger partial charge in [0.1, 0.15) is 5.82 Å². The van der Waals surface area contributed by atoms with E-state index in [1.54, 1.807) is 43.4 Å².